The number of esters is 2. The Balaban J connectivity index is 1.72. The normalized spacial score (nSPS) is 17.0. The van der Waals surface area contributed by atoms with E-state index < -0.39 is 28.7 Å². The molecule has 0 amide bonds. The van der Waals surface area contributed by atoms with Crippen LogP contribution in [0.3, 0.4) is 0 Å². The smallest absolute Gasteiger partial charge is 0.336 e. The van der Waals surface area contributed by atoms with Gasteiger partial charge in [-0.15, -0.1) is 11.8 Å². The number of carbonyl (C=O) groups excluding carboxylic acids is 2. The van der Waals surface area contributed by atoms with Gasteiger partial charge in [-0.05, 0) is 63.3 Å². The number of hydrogen-bond donors (Lipinski definition) is 1. The van der Waals surface area contributed by atoms with Crippen LogP contribution in [0.1, 0.15) is 50.7 Å². The lowest BCUT2D eigenvalue weighted by Crippen LogP contribution is -2.36. The van der Waals surface area contributed by atoms with Gasteiger partial charge in [0.05, 0.1) is 23.7 Å². The van der Waals surface area contributed by atoms with Crippen molar-refractivity contribution in [3.63, 3.8) is 0 Å². The number of aliphatic hydroxyl groups is 1. The number of nitro benzene ring substituents is 1. The van der Waals surface area contributed by atoms with Crippen LogP contribution in [0.15, 0.2) is 69.7 Å². The second-order valence-corrected chi connectivity index (χ2v) is 10.3. The average Bonchev–Trinajstić information content (AvgIpc) is 2.92. The Labute approximate surface area is 232 Å². The van der Waals surface area contributed by atoms with Crippen molar-refractivity contribution < 1.29 is 29.1 Å². The van der Waals surface area contributed by atoms with Crippen LogP contribution in [0.5, 0.6) is 0 Å². The molecule has 39 heavy (non-hydrogen) atoms. The number of allylic oxidation sites excluding steroid dienone is 1. The molecule has 208 valence electrons. The third-order valence-electron chi connectivity index (χ3n) is 6.37. The summed E-state index contributed by atoms with van der Waals surface area (Å²) in [6, 6.07) is 14.1. The SMILES string of the molecule is CCOC(=O)C1C(C)=NC(C)=C(C(=O)OCCCSc2ccc(CCCO)cc2)C1c1cccc([N+](=O)[O-])c1. The molecule has 1 aliphatic rings. The maximum Gasteiger partial charge on any atom is 0.336 e. The molecule has 2 aromatic carbocycles. The van der Waals surface area contributed by atoms with Gasteiger partial charge in [0.25, 0.3) is 5.69 Å². The Morgan fingerprint density at radius 3 is 2.51 bits per heavy atom. The molecule has 0 bridgehead atoms. The van der Waals surface area contributed by atoms with Crippen molar-refractivity contribution in [2.45, 2.75) is 50.8 Å². The Kier molecular flexibility index (Phi) is 11.2. The minimum atomic E-state index is -0.908. The van der Waals surface area contributed by atoms with E-state index in [1.165, 1.54) is 23.8 Å². The molecule has 0 aliphatic carbocycles. The third kappa shape index (κ3) is 8.00. The van der Waals surface area contributed by atoms with Crippen LogP contribution in [0.4, 0.5) is 5.69 Å². The summed E-state index contributed by atoms with van der Waals surface area (Å²) >= 11 is 1.65. The first kappa shape index (κ1) is 30.0. The fraction of sp³-hybridized carbons (Fsp3) is 0.414. The lowest BCUT2D eigenvalue weighted by Gasteiger charge is -2.31. The highest BCUT2D eigenvalue weighted by Crippen LogP contribution is 2.41. The number of carbonyl (C=O) groups is 2. The summed E-state index contributed by atoms with van der Waals surface area (Å²) in [5.41, 5.74) is 2.56. The molecule has 0 radical (unpaired) electrons. The molecule has 2 aromatic rings. The van der Waals surface area contributed by atoms with E-state index >= 15 is 0 Å². The molecule has 1 heterocycles. The minimum absolute atomic E-state index is 0.140. The number of aliphatic hydroxyl groups excluding tert-OH is 1. The highest BCUT2D eigenvalue weighted by atomic mass is 32.2. The number of thioether (sulfide) groups is 1. The van der Waals surface area contributed by atoms with E-state index in [0.29, 0.717) is 23.4 Å². The number of aryl methyl sites for hydroxylation is 1. The number of ether oxygens (including phenoxy) is 2. The van der Waals surface area contributed by atoms with Crippen LogP contribution in [0.25, 0.3) is 0 Å². The first-order chi connectivity index (χ1) is 18.8. The number of non-ortho nitro benzene ring substituents is 1. The fourth-order valence-electron chi connectivity index (χ4n) is 4.56. The number of benzene rings is 2. The Morgan fingerprint density at radius 1 is 1.10 bits per heavy atom. The van der Waals surface area contributed by atoms with E-state index in [0.717, 1.165) is 23.5 Å². The number of nitrogens with zero attached hydrogens (tertiary/aromatic N) is 2. The molecule has 3 rings (SSSR count). The van der Waals surface area contributed by atoms with E-state index in [-0.39, 0.29) is 31.1 Å². The molecule has 2 unspecified atom stereocenters. The molecular formula is C29H34N2O7S. The molecule has 0 aromatic heterocycles. The molecule has 10 heteroatoms. The summed E-state index contributed by atoms with van der Waals surface area (Å²) < 4.78 is 10.9. The van der Waals surface area contributed by atoms with Crippen LogP contribution in [-0.2, 0) is 25.5 Å². The van der Waals surface area contributed by atoms with Crippen LogP contribution in [0.2, 0.25) is 0 Å². The quantitative estimate of drug-likeness (QED) is 0.117. The van der Waals surface area contributed by atoms with Crippen molar-refractivity contribution in [1.29, 1.82) is 0 Å². The van der Waals surface area contributed by atoms with Gasteiger partial charge >= 0.3 is 11.9 Å². The van der Waals surface area contributed by atoms with Gasteiger partial charge in [-0.2, -0.15) is 0 Å². The van der Waals surface area contributed by atoms with Crippen molar-refractivity contribution in [2.75, 3.05) is 25.6 Å². The lowest BCUT2D eigenvalue weighted by atomic mass is 9.75. The zero-order valence-electron chi connectivity index (χ0n) is 22.4. The van der Waals surface area contributed by atoms with E-state index in [1.807, 2.05) is 24.3 Å². The third-order valence-corrected chi connectivity index (χ3v) is 7.46. The van der Waals surface area contributed by atoms with Crippen molar-refractivity contribution in [3.8, 4) is 0 Å². The maximum atomic E-state index is 13.3. The van der Waals surface area contributed by atoms with Crippen molar-refractivity contribution in [1.82, 2.24) is 0 Å². The molecule has 0 saturated carbocycles. The molecule has 0 spiro atoms. The second-order valence-electron chi connectivity index (χ2n) is 9.12. The zero-order chi connectivity index (χ0) is 28.4. The van der Waals surface area contributed by atoms with Crippen LogP contribution in [-0.4, -0.2) is 53.3 Å². The van der Waals surface area contributed by atoms with Gasteiger partial charge in [0.2, 0.25) is 0 Å². The molecule has 9 nitrogen and oxygen atoms in total. The summed E-state index contributed by atoms with van der Waals surface area (Å²) in [6.45, 7) is 5.55. The number of hydrogen-bond acceptors (Lipinski definition) is 9. The van der Waals surface area contributed by atoms with Gasteiger partial charge < -0.3 is 14.6 Å². The Morgan fingerprint density at radius 2 is 1.85 bits per heavy atom. The van der Waals surface area contributed by atoms with Gasteiger partial charge in [0.1, 0.15) is 5.92 Å². The zero-order valence-corrected chi connectivity index (χ0v) is 23.2. The minimum Gasteiger partial charge on any atom is -0.465 e. The molecular weight excluding hydrogens is 520 g/mol. The van der Waals surface area contributed by atoms with E-state index in [9.17, 15) is 19.7 Å². The Hall–Kier alpha value is -3.50. The fourth-order valence-corrected chi connectivity index (χ4v) is 5.38. The van der Waals surface area contributed by atoms with Crippen molar-refractivity contribution in [3.05, 3.63) is 81.0 Å². The summed E-state index contributed by atoms with van der Waals surface area (Å²) in [6.07, 6.45) is 2.19. The highest BCUT2D eigenvalue weighted by Gasteiger charge is 2.42. The Bertz CT molecular complexity index is 1240. The van der Waals surface area contributed by atoms with Gasteiger partial charge in [-0.1, -0.05) is 24.3 Å². The number of rotatable bonds is 13. The standard InChI is InChI=1S/C29H34N2O7S/c1-4-37-28(33)25-19(2)30-20(3)26(27(25)22-9-5-10-23(18-22)31(35)36)29(34)38-16-7-17-39-24-13-11-21(12-14-24)8-6-15-32/h5,9-14,18,25,27,32H,4,6-8,15-17H2,1-3H3. The van der Waals surface area contributed by atoms with Crippen LogP contribution in [0, 0.1) is 16.0 Å². The van der Waals surface area contributed by atoms with Crippen LogP contribution < -0.4 is 0 Å². The van der Waals surface area contributed by atoms with E-state index in [4.69, 9.17) is 14.6 Å². The topological polar surface area (TPSA) is 128 Å². The first-order valence-electron chi connectivity index (χ1n) is 12.9. The maximum absolute atomic E-state index is 13.3. The largest absolute Gasteiger partial charge is 0.465 e. The molecule has 0 saturated heterocycles. The molecule has 1 aliphatic heterocycles. The molecule has 0 fully saturated rings. The predicted molar refractivity (Wildman–Crippen MR) is 150 cm³/mol. The summed E-state index contributed by atoms with van der Waals surface area (Å²) in [7, 11) is 0. The first-order valence-corrected chi connectivity index (χ1v) is 13.9. The average molecular weight is 555 g/mol. The number of nitro groups is 1. The lowest BCUT2D eigenvalue weighted by molar-refractivity contribution is -0.384. The van der Waals surface area contributed by atoms with Crippen LogP contribution >= 0.6 is 11.8 Å². The van der Waals surface area contributed by atoms with Crippen molar-refractivity contribution in [2.24, 2.45) is 10.9 Å². The highest BCUT2D eigenvalue weighted by molar-refractivity contribution is 7.99. The van der Waals surface area contributed by atoms with Gasteiger partial charge in [-0.3, -0.25) is 19.9 Å². The summed E-state index contributed by atoms with van der Waals surface area (Å²) in [5, 5.41) is 20.4. The number of aliphatic imine (C=N–C) groups is 1. The molecule has 1 N–H and O–H groups in total. The van der Waals surface area contributed by atoms with E-state index in [2.05, 4.69) is 4.99 Å². The predicted octanol–water partition coefficient (Wildman–Crippen LogP) is 5.26. The molecule has 2 atom stereocenters. The summed E-state index contributed by atoms with van der Waals surface area (Å²) in [4.78, 5) is 42.8. The van der Waals surface area contributed by atoms with Gasteiger partial charge in [-0.25, -0.2) is 4.79 Å². The summed E-state index contributed by atoms with van der Waals surface area (Å²) in [5.74, 6) is -2.15. The van der Waals surface area contributed by atoms with Gasteiger partial charge in [0, 0.05) is 46.7 Å². The van der Waals surface area contributed by atoms with Gasteiger partial charge in [0.15, 0.2) is 0 Å². The van der Waals surface area contributed by atoms with Crippen molar-refractivity contribution >= 4 is 35.1 Å². The van der Waals surface area contributed by atoms with E-state index in [1.54, 1.807) is 38.6 Å². The second kappa shape index (κ2) is 14.6. The monoisotopic (exact) mass is 554 g/mol.